The smallest absolute Gasteiger partial charge is 0.305 e. The number of carbonyl (C=O) groups is 1. The van der Waals surface area contributed by atoms with E-state index >= 15 is 0 Å². The third-order valence-corrected chi connectivity index (χ3v) is 3.01. The first-order valence-electron chi connectivity index (χ1n) is 5.60. The minimum Gasteiger partial charge on any atom is -0.469 e. The lowest BCUT2D eigenvalue weighted by molar-refractivity contribution is -0.140. The van der Waals surface area contributed by atoms with Crippen molar-refractivity contribution in [1.29, 1.82) is 0 Å². The summed E-state index contributed by atoms with van der Waals surface area (Å²) in [5.41, 5.74) is 3.22. The predicted molar refractivity (Wildman–Crippen MR) is 65.8 cm³/mol. The van der Waals surface area contributed by atoms with Crippen LogP contribution < -0.4 is 0 Å². The summed E-state index contributed by atoms with van der Waals surface area (Å²) in [6.45, 7) is 1.98. The van der Waals surface area contributed by atoms with E-state index in [0.29, 0.717) is 12.8 Å². The Labute approximate surface area is 100 Å². The molecule has 1 aromatic carbocycles. The first kappa shape index (κ1) is 11.6. The summed E-state index contributed by atoms with van der Waals surface area (Å²) in [5, 5.41) is 0. The van der Waals surface area contributed by atoms with E-state index in [2.05, 4.69) is 20.4 Å². The maximum absolute atomic E-state index is 11.1. The van der Waals surface area contributed by atoms with Crippen LogP contribution in [0.4, 0.5) is 0 Å². The molecular formula is C13H16N2O2. The first-order valence-corrected chi connectivity index (χ1v) is 5.60. The summed E-state index contributed by atoms with van der Waals surface area (Å²) in [5.74, 6) is 0.816. The van der Waals surface area contributed by atoms with Crippen molar-refractivity contribution in [3.05, 3.63) is 29.6 Å². The molecule has 17 heavy (non-hydrogen) atoms. The van der Waals surface area contributed by atoms with Gasteiger partial charge in [0.2, 0.25) is 0 Å². The van der Waals surface area contributed by atoms with Gasteiger partial charge >= 0.3 is 5.97 Å². The molecule has 0 saturated heterocycles. The lowest BCUT2D eigenvalue weighted by atomic mass is 10.1. The molecule has 90 valence electrons. The van der Waals surface area contributed by atoms with Crippen LogP contribution in [0.3, 0.4) is 0 Å². The number of esters is 1. The fourth-order valence-corrected chi connectivity index (χ4v) is 1.86. The van der Waals surface area contributed by atoms with Crippen molar-refractivity contribution < 1.29 is 9.53 Å². The van der Waals surface area contributed by atoms with E-state index in [1.54, 1.807) is 0 Å². The molecular weight excluding hydrogens is 216 g/mol. The molecule has 0 saturated carbocycles. The van der Waals surface area contributed by atoms with Crippen LogP contribution in [0.15, 0.2) is 18.2 Å². The summed E-state index contributed by atoms with van der Waals surface area (Å²) in [4.78, 5) is 15.5. The van der Waals surface area contributed by atoms with Crippen LogP contribution in [0.2, 0.25) is 0 Å². The second kappa shape index (κ2) is 4.57. The second-order valence-corrected chi connectivity index (χ2v) is 4.12. The summed E-state index contributed by atoms with van der Waals surface area (Å²) in [6.07, 6.45) is 1.12. The molecule has 0 bridgehead atoms. The molecule has 0 amide bonds. The van der Waals surface area contributed by atoms with Crippen molar-refractivity contribution in [2.45, 2.75) is 19.8 Å². The molecule has 0 atom stereocenters. The topological polar surface area (TPSA) is 44.1 Å². The minimum atomic E-state index is -0.175. The van der Waals surface area contributed by atoms with Crippen LogP contribution in [0.25, 0.3) is 11.0 Å². The van der Waals surface area contributed by atoms with Gasteiger partial charge in [-0.05, 0) is 31.0 Å². The normalized spacial score (nSPS) is 10.8. The number of benzene rings is 1. The average Bonchev–Trinajstić information content (AvgIpc) is 2.62. The van der Waals surface area contributed by atoms with Gasteiger partial charge in [0.1, 0.15) is 5.82 Å². The molecule has 0 aliphatic heterocycles. The van der Waals surface area contributed by atoms with Gasteiger partial charge in [-0.15, -0.1) is 0 Å². The molecule has 2 aromatic rings. The molecule has 0 aliphatic carbocycles. The lowest BCUT2D eigenvalue weighted by Gasteiger charge is -2.02. The molecule has 4 nitrogen and oxygen atoms in total. The number of aryl methyl sites for hydroxylation is 3. The molecule has 4 heteroatoms. The van der Waals surface area contributed by atoms with Gasteiger partial charge in [0.05, 0.1) is 18.1 Å². The van der Waals surface area contributed by atoms with Crippen LogP contribution in [-0.2, 0) is 23.0 Å². The van der Waals surface area contributed by atoms with E-state index in [4.69, 9.17) is 0 Å². The number of rotatable bonds is 3. The fourth-order valence-electron chi connectivity index (χ4n) is 1.86. The highest BCUT2D eigenvalue weighted by Crippen LogP contribution is 2.17. The van der Waals surface area contributed by atoms with E-state index < -0.39 is 0 Å². The standard InChI is InChI=1S/C13H16N2O2/c1-9-14-11-6-4-10(5-7-13(16)17-3)8-12(11)15(9)2/h4,6,8H,5,7H2,1-3H3. The van der Waals surface area contributed by atoms with Crippen LogP contribution in [0.1, 0.15) is 17.8 Å². The Balaban J connectivity index is 2.25. The molecule has 1 aromatic heterocycles. The summed E-state index contributed by atoms with van der Waals surface area (Å²) < 4.78 is 6.68. The van der Waals surface area contributed by atoms with Crippen molar-refractivity contribution in [3.63, 3.8) is 0 Å². The lowest BCUT2D eigenvalue weighted by Crippen LogP contribution is -2.01. The molecule has 0 spiro atoms. The molecule has 0 N–H and O–H groups in total. The summed E-state index contributed by atoms with van der Waals surface area (Å²) >= 11 is 0. The number of methoxy groups -OCH3 is 1. The Morgan fingerprint density at radius 3 is 2.94 bits per heavy atom. The highest BCUT2D eigenvalue weighted by molar-refractivity contribution is 5.77. The monoisotopic (exact) mass is 232 g/mol. The third kappa shape index (κ3) is 2.30. The van der Waals surface area contributed by atoms with Crippen LogP contribution >= 0.6 is 0 Å². The van der Waals surface area contributed by atoms with E-state index in [0.717, 1.165) is 22.4 Å². The number of ether oxygens (including phenoxy) is 1. The van der Waals surface area contributed by atoms with Crippen molar-refractivity contribution in [3.8, 4) is 0 Å². The SMILES string of the molecule is COC(=O)CCc1ccc2nc(C)n(C)c2c1. The predicted octanol–water partition coefficient (Wildman–Crippen LogP) is 1.99. The Morgan fingerprint density at radius 2 is 2.24 bits per heavy atom. The van der Waals surface area contributed by atoms with Crippen molar-refractivity contribution >= 4 is 17.0 Å². The molecule has 0 aliphatic rings. The van der Waals surface area contributed by atoms with Gasteiger partial charge in [-0.1, -0.05) is 6.07 Å². The number of imidazole rings is 1. The zero-order valence-corrected chi connectivity index (χ0v) is 10.4. The number of carbonyl (C=O) groups excluding carboxylic acids is 1. The van der Waals surface area contributed by atoms with Crippen molar-refractivity contribution in [2.24, 2.45) is 7.05 Å². The maximum atomic E-state index is 11.1. The highest BCUT2D eigenvalue weighted by Gasteiger charge is 2.06. The average molecular weight is 232 g/mol. The van der Waals surface area contributed by atoms with E-state index in [1.165, 1.54) is 7.11 Å². The number of hydrogen-bond donors (Lipinski definition) is 0. The van der Waals surface area contributed by atoms with Crippen molar-refractivity contribution in [2.75, 3.05) is 7.11 Å². The quantitative estimate of drug-likeness (QED) is 0.760. The van der Waals surface area contributed by atoms with E-state index in [9.17, 15) is 4.79 Å². The maximum Gasteiger partial charge on any atom is 0.305 e. The van der Waals surface area contributed by atoms with Gasteiger partial charge in [-0.3, -0.25) is 4.79 Å². The van der Waals surface area contributed by atoms with E-state index in [1.807, 2.05) is 26.1 Å². The molecule has 0 fully saturated rings. The van der Waals surface area contributed by atoms with E-state index in [-0.39, 0.29) is 5.97 Å². The molecule has 1 heterocycles. The minimum absolute atomic E-state index is 0.175. The van der Waals surface area contributed by atoms with Gasteiger partial charge in [-0.2, -0.15) is 0 Å². The Hall–Kier alpha value is -1.84. The molecule has 2 rings (SSSR count). The third-order valence-electron chi connectivity index (χ3n) is 3.01. The van der Waals surface area contributed by atoms with Gasteiger partial charge in [0.15, 0.2) is 0 Å². The van der Waals surface area contributed by atoms with Gasteiger partial charge in [0, 0.05) is 13.5 Å². The van der Waals surface area contributed by atoms with Crippen LogP contribution in [0, 0.1) is 6.92 Å². The number of fused-ring (bicyclic) bond motifs is 1. The Morgan fingerprint density at radius 1 is 1.47 bits per heavy atom. The summed E-state index contributed by atoms with van der Waals surface area (Å²) in [6, 6.07) is 6.09. The van der Waals surface area contributed by atoms with Crippen LogP contribution in [-0.4, -0.2) is 22.6 Å². The largest absolute Gasteiger partial charge is 0.469 e. The highest BCUT2D eigenvalue weighted by atomic mass is 16.5. The van der Waals surface area contributed by atoms with Gasteiger partial charge in [0.25, 0.3) is 0 Å². The Bertz CT molecular complexity index is 558. The Kier molecular flexibility index (Phi) is 3.13. The summed E-state index contributed by atoms with van der Waals surface area (Å²) in [7, 11) is 3.41. The molecule has 0 unspecified atom stereocenters. The zero-order chi connectivity index (χ0) is 12.4. The number of aromatic nitrogens is 2. The zero-order valence-electron chi connectivity index (χ0n) is 10.4. The van der Waals surface area contributed by atoms with Crippen LogP contribution in [0.5, 0.6) is 0 Å². The first-order chi connectivity index (χ1) is 8.11. The molecule has 0 radical (unpaired) electrons. The van der Waals surface area contributed by atoms with Gasteiger partial charge < -0.3 is 9.30 Å². The fraction of sp³-hybridized carbons (Fsp3) is 0.385. The second-order valence-electron chi connectivity index (χ2n) is 4.12. The number of hydrogen-bond acceptors (Lipinski definition) is 3. The number of nitrogens with zero attached hydrogens (tertiary/aromatic N) is 2. The van der Waals surface area contributed by atoms with Crippen molar-refractivity contribution in [1.82, 2.24) is 9.55 Å². The van der Waals surface area contributed by atoms with Gasteiger partial charge in [-0.25, -0.2) is 4.98 Å².